The predicted molar refractivity (Wildman–Crippen MR) is 85.7 cm³/mol. The van der Waals surface area contributed by atoms with Crippen molar-refractivity contribution in [1.29, 1.82) is 0 Å². The van der Waals surface area contributed by atoms with Crippen LogP contribution in [0.3, 0.4) is 0 Å². The first-order chi connectivity index (χ1) is 10.2. The van der Waals surface area contributed by atoms with Crippen molar-refractivity contribution in [2.75, 3.05) is 18.6 Å². The van der Waals surface area contributed by atoms with Crippen LogP contribution in [0.2, 0.25) is 0 Å². The number of nitrogens with one attached hydrogen (secondary N) is 1. The fraction of sp³-hybridized carbons (Fsp3) is 0.562. The van der Waals surface area contributed by atoms with Gasteiger partial charge in [-0.25, -0.2) is 4.39 Å². The van der Waals surface area contributed by atoms with E-state index in [1.807, 2.05) is 11.2 Å². The van der Waals surface area contributed by atoms with E-state index in [-0.39, 0.29) is 23.9 Å². The lowest BCUT2D eigenvalue weighted by atomic mass is 10.1. The third-order valence-electron chi connectivity index (χ3n) is 3.82. The van der Waals surface area contributed by atoms with Gasteiger partial charge in [-0.05, 0) is 30.4 Å². The lowest BCUT2D eigenvalue weighted by Gasteiger charge is -2.24. The number of halogens is 1. The third-order valence-corrected chi connectivity index (χ3v) is 4.41. The summed E-state index contributed by atoms with van der Waals surface area (Å²) in [6.45, 7) is 2.85. The summed E-state index contributed by atoms with van der Waals surface area (Å²) in [6.07, 6.45) is 4.89. The molecule has 2 rings (SSSR count). The van der Waals surface area contributed by atoms with Crippen molar-refractivity contribution < 1.29 is 9.18 Å². The van der Waals surface area contributed by atoms with Crippen LogP contribution in [-0.4, -0.2) is 35.4 Å². The molecule has 1 aromatic carbocycles. The average Bonchev–Trinajstić information content (AvgIpc) is 2.80. The molecule has 1 heterocycles. The predicted octanol–water partition coefficient (Wildman–Crippen LogP) is 3.18. The molecular formula is C16H23FN2OS. The normalized spacial score (nSPS) is 22.0. The summed E-state index contributed by atoms with van der Waals surface area (Å²) in [6, 6.07) is 6.31. The Bertz CT molecular complexity index is 466. The summed E-state index contributed by atoms with van der Waals surface area (Å²) in [7, 11) is 0. The Labute approximate surface area is 130 Å². The van der Waals surface area contributed by atoms with Crippen LogP contribution in [0.1, 0.15) is 37.9 Å². The van der Waals surface area contributed by atoms with Gasteiger partial charge in [-0.1, -0.05) is 31.9 Å². The largest absolute Gasteiger partial charge is 0.321 e. The van der Waals surface area contributed by atoms with Gasteiger partial charge in [0.2, 0.25) is 5.91 Å². The molecule has 3 nitrogen and oxygen atoms in total. The van der Waals surface area contributed by atoms with Gasteiger partial charge in [0.25, 0.3) is 0 Å². The summed E-state index contributed by atoms with van der Waals surface area (Å²) < 4.78 is 13.1. The summed E-state index contributed by atoms with van der Waals surface area (Å²) in [5.41, 5.74) is 0.949. The lowest BCUT2D eigenvalue weighted by Crippen LogP contribution is -2.33. The van der Waals surface area contributed by atoms with Gasteiger partial charge < -0.3 is 4.90 Å². The Balaban J connectivity index is 2.15. The molecule has 1 aromatic rings. The zero-order chi connectivity index (χ0) is 15.2. The van der Waals surface area contributed by atoms with Gasteiger partial charge in [-0.15, -0.1) is 0 Å². The molecule has 2 unspecified atom stereocenters. The standard InChI is InChI=1S/C16H23FN2OS/c1-3-4-5-14-16(20)19(10-11-21-2)15(18-14)12-6-8-13(17)9-7-12/h6-9,14-15,18H,3-5,10-11H2,1-2H3. The van der Waals surface area contributed by atoms with E-state index in [9.17, 15) is 9.18 Å². The highest BCUT2D eigenvalue weighted by molar-refractivity contribution is 7.98. The molecule has 2 atom stereocenters. The molecule has 1 N–H and O–H groups in total. The summed E-state index contributed by atoms with van der Waals surface area (Å²) in [4.78, 5) is 14.4. The molecule has 0 spiro atoms. The number of unbranched alkanes of at least 4 members (excludes halogenated alkanes) is 1. The first-order valence-electron chi connectivity index (χ1n) is 7.48. The fourth-order valence-corrected chi connectivity index (χ4v) is 3.02. The maximum Gasteiger partial charge on any atom is 0.241 e. The molecule has 1 saturated heterocycles. The highest BCUT2D eigenvalue weighted by Gasteiger charge is 2.38. The maximum atomic E-state index is 13.1. The molecule has 1 fully saturated rings. The number of thioether (sulfide) groups is 1. The third kappa shape index (κ3) is 3.98. The van der Waals surface area contributed by atoms with E-state index in [0.29, 0.717) is 0 Å². The Kier molecular flexibility index (Phi) is 6.06. The molecule has 1 amide bonds. The van der Waals surface area contributed by atoms with Gasteiger partial charge in [0.1, 0.15) is 12.0 Å². The minimum Gasteiger partial charge on any atom is -0.321 e. The van der Waals surface area contributed by atoms with Crippen LogP contribution >= 0.6 is 11.8 Å². The van der Waals surface area contributed by atoms with Crippen LogP contribution in [0.5, 0.6) is 0 Å². The second-order valence-corrected chi connectivity index (χ2v) is 6.33. The van der Waals surface area contributed by atoms with Crippen molar-refractivity contribution in [3.8, 4) is 0 Å². The number of hydrogen-bond acceptors (Lipinski definition) is 3. The van der Waals surface area contributed by atoms with Gasteiger partial charge in [0.15, 0.2) is 0 Å². The van der Waals surface area contributed by atoms with E-state index in [2.05, 4.69) is 12.2 Å². The second-order valence-electron chi connectivity index (χ2n) is 5.34. The van der Waals surface area contributed by atoms with Crippen LogP contribution in [0.25, 0.3) is 0 Å². The van der Waals surface area contributed by atoms with E-state index in [4.69, 9.17) is 0 Å². The molecule has 0 radical (unpaired) electrons. The zero-order valence-corrected chi connectivity index (χ0v) is 13.5. The number of nitrogens with zero attached hydrogens (tertiary/aromatic N) is 1. The molecule has 116 valence electrons. The second kappa shape index (κ2) is 7.80. The molecule has 0 aromatic heterocycles. The number of hydrogen-bond donors (Lipinski definition) is 1. The van der Waals surface area contributed by atoms with Gasteiger partial charge in [0, 0.05) is 12.3 Å². The molecule has 1 aliphatic heterocycles. The number of benzene rings is 1. The molecule has 0 bridgehead atoms. The number of carbonyl (C=O) groups is 1. The Morgan fingerprint density at radius 2 is 2.05 bits per heavy atom. The number of amides is 1. The van der Waals surface area contributed by atoms with E-state index in [1.165, 1.54) is 12.1 Å². The molecule has 5 heteroatoms. The fourth-order valence-electron chi connectivity index (χ4n) is 2.64. The molecule has 0 saturated carbocycles. The van der Waals surface area contributed by atoms with Crippen LogP contribution in [0.15, 0.2) is 24.3 Å². The highest BCUT2D eigenvalue weighted by Crippen LogP contribution is 2.27. The number of rotatable bonds is 7. The topological polar surface area (TPSA) is 32.3 Å². The van der Waals surface area contributed by atoms with Crippen LogP contribution < -0.4 is 5.32 Å². The Hall–Kier alpha value is -1.07. The Morgan fingerprint density at radius 3 is 2.67 bits per heavy atom. The van der Waals surface area contributed by atoms with Gasteiger partial charge in [-0.3, -0.25) is 10.1 Å². The Morgan fingerprint density at radius 1 is 1.33 bits per heavy atom. The maximum absolute atomic E-state index is 13.1. The van der Waals surface area contributed by atoms with Gasteiger partial charge >= 0.3 is 0 Å². The summed E-state index contributed by atoms with van der Waals surface area (Å²) >= 11 is 1.73. The zero-order valence-electron chi connectivity index (χ0n) is 12.6. The highest BCUT2D eigenvalue weighted by atomic mass is 32.2. The summed E-state index contributed by atoms with van der Waals surface area (Å²) in [5, 5.41) is 3.41. The van der Waals surface area contributed by atoms with Crippen molar-refractivity contribution in [1.82, 2.24) is 10.2 Å². The quantitative estimate of drug-likeness (QED) is 0.839. The smallest absolute Gasteiger partial charge is 0.241 e. The first kappa shape index (κ1) is 16.3. The van der Waals surface area contributed by atoms with Crippen LogP contribution in [0, 0.1) is 5.82 Å². The first-order valence-corrected chi connectivity index (χ1v) is 8.87. The van der Waals surface area contributed by atoms with E-state index < -0.39 is 0 Å². The molecule has 1 aliphatic rings. The average molecular weight is 310 g/mol. The summed E-state index contributed by atoms with van der Waals surface area (Å²) in [5.74, 6) is 0.833. The van der Waals surface area contributed by atoms with E-state index in [1.54, 1.807) is 23.9 Å². The van der Waals surface area contributed by atoms with E-state index >= 15 is 0 Å². The lowest BCUT2D eigenvalue weighted by molar-refractivity contribution is -0.130. The number of carbonyl (C=O) groups excluding carboxylic acids is 1. The molecule has 0 aliphatic carbocycles. The van der Waals surface area contributed by atoms with Crippen molar-refractivity contribution in [3.63, 3.8) is 0 Å². The van der Waals surface area contributed by atoms with E-state index in [0.717, 1.165) is 37.1 Å². The van der Waals surface area contributed by atoms with Crippen molar-refractivity contribution in [3.05, 3.63) is 35.6 Å². The minimum absolute atomic E-state index is 0.109. The SMILES string of the molecule is CCCCC1NC(c2ccc(F)cc2)N(CCSC)C1=O. The molecular weight excluding hydrogens is 287 g/mol. The van der Waals surface area contributed by atoms with Crippen LogP contribution in [-0.2, 0) is 4.79 Å². The monoisotopic (exact) mass is 310 g/mol. The molecule has 21 heavy (non-hydrogen) atoms. The van der Waals surface area contributed by atoms with Gasteiger partial charge in [-0.2, -0.15) is 11.8 Å². The van der Waals surface area contributed by atoms with Gasteiger partial charge in [0.05, 0.1) is 6.04 Å². The van der Waals surface area contributed by atoms with Crippen molar-refractivity contribution in [2.24, 2.45) is 0 Å². The van der Waals surface area contributed by atoms with Crippen LogP contribution in [0.4, 0.5) is 4.39 Å². The minimum atomic E-state index is -0.249. The van der Waals surface area contributed by atoms with Crippen molar-refractivity contribution in [2.45, 2.75) is 38.4 Å². The van der Waals surface area contributed by atoms with Crippen molar-refractivity contribution >= 4 is 17.7 Å².